The van der Waals surface area contributed by atoms with E-state index in [4.69, 9.17) is 5.41 Å². The first-order valence-corrected chi connectivity index (χ1v) is 5.87. The second-order valence-corrected chi connectivity index (χ2v) is 4.41. The first-order chi connectivity index (χ1) is 7.36. The Labute approximate surface area is 93.6 Å². The van der Waals surface area contributed by atoms with Crippen molar-refractivity contribution in [2.75, 3.05) is 0 Å². The molecule has 2 aromatic rings. The lowest BCUT2D eigenvalue weighted by Gasteiger charge is -1.92. The predicted molar refractivity (Wildman–Crippen MR) is 69.0 cm³/mol. The Bertz CT molecular complexity index is 508. The van der Waals surface area contributed by atoms with Crippen molar-refractivity contribution in [3.05, 3.63) is 40.8 Å². The quantitative estimate of drug-likeness (QED) is 0.737. The van der Waals surface area contributed by atoms with E-state index < -0.39 is 0 Å². The van der Waals surface area contributed by atoms with Gasteiger partial charge in [-0.3, -0.25) is 0 Å². The maximum atomic E-state index is 7.40. The SMILES string of the molecule is CCC=Cc1c(C=N)sc2ccccc12. The number of fused-ring (bicyclic) bond motifs is 1. The van der Waals surface area contributed by atoms with Crippen LogP contribution in [0.3, 0.4) is 0 Å². The van der Waals surface area contributed by atoms with E-state index in [1.807, 2.05) is 12.1 Å². The summed E-state index contributed by atoms with van der Waals surface area (Å²) in [5.74, 6) is 0. The number of benzene rings is 1. The summed E-state index contributed by atoms with van der Waals surface area (Å²) >= 11 is 1.68. The Morgan fingerprint density at radius 3 is 2.87 bits per heavy atom. The Balaban J connectivity index is 2.66. The van der Waals surface area contributed by atoms with Gasteiger partial charge >= 0.3 is 0 Å². The van der Waals surface area contributed by atoms with Crippen molar-refractivity contribution in [1.82, 2.24) is 0 Å². The van der Waals surface area contributed by atoms with Gasteiger partial charge in [0.05, 0.1) is 4.88 Å². The fraction of sp³-hybridized carbons (Fsp3) is 0.154. The van der Waals surface area contributed by atoms with Crippen molar-refractivity contribution in [3.8, 4) is 0 Å². The molecule has 0 amide bonds. The van der Waals surface area contributed by atoms with E-state index in [2.05, 4.69) is 31.2 Å². The van der Waals surface area contributed by atoms with Crippen LogP contribution in [0.4, 0.5) is 0 Å². The Morgan fingerprint density at radius 2 is 2.13 bits per heavy atom. The summed E-state index contributed by atoms with van der Waals surface area (Å²) in [7, 11) is 0. The van der Waals surface area contributed by atoms with Crippen molar-refractivity contribution in [2.24, 2.45) is 0 Å². The number of hydrogen-bond acceptors (Lipinski definition) is 2. The van der Waals surface area contributed by atoms with Gasteiger partial charge < -0.3 is 5.41 Å². The summed E-state index contributed by atoms with van der Waals surface area (Å²) < 4.78 is 1.26. The third-order valence-corrected chi connectivity index (χ3v) is 3.45. The molecule has 2 heteroatoms. The van der Waals surface area contributed by atoms with Crippen molar-refractivity contribution >= 4 is 33.7 Å². The first kappa shape index (κ1) is 10.1. The lowest BCUT2D eigenvalue weighted by atomic mass is 10.1. The van der Waals surface area contributed by atoms with E-state index in [9.17, 15) is 0 Å². The molecule has 2 rings (SSSR count). The predicted octanol–water partition coefficient (Wildman–Crippen LogP) is 4.32. The van der Waals surface area contributed by atoms with Gasteiger partial charge in [-0.25, -0.2) is 0 Å². The zero-order chi connectivity index (χ0) is 10.7. The summed E-state index contributed by atoms with van der Waals surface area (Å²) in [6.07, 6.45) is 6.74. The minimum absolute atomic E-state index is 1.03. The third kappa shape index (κ3) is 1.85. The van der Waals surface area contributed by atoms with Crippen LogP contribution in [0.1, 0.15) is 23.8 Å². The van der Waals surface area contributed by atoms with Gasteiger partial charge in [-0.05, 0) is 12.5 Å². The highest BCUT2D eigenvalue weighted by Crippen LogP contribution is 2.31. The van der Waals surface area contributed by atoms with E-state index in [1.165, 1.54) is 21.9 Å². The van der Waals surface area contributed by atoms with Crippen molar-refractivity contribution in [2.45, 2.75) is 13.3 Å². The molecular weight excluding hydrogens is 202 g/mol. The molecule has 15 heavy (non-hydrogen) atoms. The van der Waals surface area contributed by atoms with Gasteiger partial charge in [0.2, 0.25) is 0 Å². The molecule has 0 spiro atoms. The maximum Gasteiger partial charge on any atom is 0.0530 e. The molecule has 76 valence electrons. The van der Waals surface area contributed by atoms with Crippen molar-refractivity contribution < 1.29 is 0 Å². The lowest BCUT2D eigenvalue weighted by molar-refractivity contribution is 1.23. The van der Waals surface area contributed by atoms with Crippen LogP contribution in [0.25, 0.3) is 16.2 Å². The Hall–Kier alpha value is -1.41. The van der Waals surface area contributed by atoms with Crippen molar-refractivity contribution in [1.29, 1.82) is 5.41 Å². The van der Waals surface area contributed by atoms with Gasteiger partial charge in [0.1, 0.15) is 0 Å². The summed E-state index contributed by atoms with van der Waals surface area (Å²) in [6.45, 7) is 2.12. The minimum atomic E-state index is 1.03. The van der Waals surface area contributed by atoms with Gasteiger partial charge in [-0.1, -0.05) is 37.3 Å². The number of thiophene rings is 1. The van der Waals surface area contributed by atoms with Crippen LogP contribution in [0.5, 0.6) is 0 Å². The maximum absolute atomic E-state index is 7.40. The summed E-state index contributed by atoms with van der Waals surface area (Å²) in [4.78, 5) is 1.04. The zero-order valence-electron chi connectivity index (χ0n) is 8.66. The molecule has 0 radical (unpaired) electrons. The van der Waals surface area contributed by atoms with Crippen LogP contribution in [0.2, 0.25) is 0 Å². The van der Waals surface area contributed by atoms with Crippen LogP contribution in [0, 0.1) is 5.41 Å². The first-order valence-electron chi connectivity index (χ1n) is 5.05. The molecule has 0 saturated carbocycles. The van der Waals surface area contributed by atoms with E-state index in [0.717, 1.165) is 11.3 Å². The summed E-state index contributed by atoms with van der Waals surface area (Å²) in [6, 6.07) is 8.32. The fourth-order valence-corrected chi connectivity index (χ4v) is 2.62. The normalized spacial score (nSPS) is 11.3. The average molecular weight is 215 g/mol. The molecular formula is C13H13NS. The topological polar surface area (TPSA) is 23.9 Å². The molecule has 1 nitrogen and oxygen atoms in total. The summed E-state index contributed by atoms with van der Waals surface area (Å²) in [5.41, 5.74) is 1.19. The molecule has 0 aliphatic heterocycles. The van der Waals surface area contributed by atoms with Crippen LogP contribution in [0.15, 0.2) is 30.3 Å². The van der Waals surface area contributed by atoms with Crippen LogP contribution >= 0.6 is 11.3 Å². The summed E-state index contributed by atoms with van der Waals surface area (Å²) in [5, 5.41) is 8.66. The molecule has 0 fully saturated rings. The molecule has 0 saturated heterocycles. The van der Waals surface area contributed by atoms with Gasteiger partial charge in [-0.15, -0.1) is 11.3 Å². The molecule has 1 aromatic heterocycles. The van der Waals surface area contributed by atoms with Gasteiger partial charge in [0, 0.05) is 21.9 Å². The smallest absolute Gasteiger partial charge is 0.0530 e. The Kier molecular flexibility index (Phi) is 2.97. The molecule has 0 aliphatic rings. The van der Waals surface area contributed by atoms with Crippen LogP contribution < -0.4 is 0 Å². The lowest BCUT2D eigenvalue weighted by Crippen LogP contribution is -1.76. The number of allylic oxidation sites excluding steroid dienone is 1. The van der Waals surface area contributed by atoms with E-state index in [-0.39, 0.29) is 0 Å². The van der Waals surface area contributed by atoms with Gasteiger partial charge in [0.15, 0.2) is 0 Å². The molecule has 0 unspecified atom stereocenters. The molecule has 0 bridgehead atoms. The number of nitrogens with one attached hydrogen (secondary N) is 1. The standard InChI is InChI=1S/C13H13NS/c1-2-3-6-11-10-7-4-5-8-12(10)15-13(11)9-14/h3-9,14H,2H2,1H3. The molecule has 1 aromatic carbocycles. The van der Waals surface area contributed by atoms with Crippen LogP contribution in [-0.2, 0) is 0 Å². The second kappa shape index (κ2) is 4.41. The zero-order valence-corrected chi connectivity index (χ0v) is 9.47. The van der Waals surface area contributed by atoms with Gasteiger partial charge in [0.25, 0.3) is 0 Å². The third-order valence-electron chi connectivity index (χ3n) is 2.31. The number of rotatable bonds is 3. The Morgan fingerprint density at radius 1 is 1.33 bits per heavy atom. The largest absolute Gasteiger partial charge is 0.307 e. The van der Waals surface area contributed by atoms with E-state index in [1.54, 1.807) is 11.3 Å². The minimum Gasteiger partial charge on any atom is -0.307 e. The highest BCUT2D eigenvalue weighted by atomic mass is 32.1. The van der Waals surface area contributed by atoms with E-state index in [0.29, 0.717) is 0 Å². The monoisotopic (exact) mass is 215 g/mol. The molecule has 1 N–H and O–H groups in total. The fourth-order valence-electron chi connectivity index (χ4n) is 1.60. The van der Waals surface area contributed by atoms with E-state index >= 15 is 0 Å². The second-order valence-electron chi connectivity index (χ2n) is 3.33. The van der Waals surface area contributed by atoms with Crippen LogP contribution in [-0.4, -0.2) is 6.21 Å². The highest BCUT2D eigenvalue weighted by Gasteiger charge is 2.06. The van der Waals surface area contributed by atoms with Gasteiger partial charge in [-0.2, -0.15) is 0 Å². The van der Waals surface area contributed by atoms with Crippen molar-refractivity contribution in [3.63, 3.8) is 0 Å². The molecule has 1 heterocycles. The molecule has 0 atom stereocenters. The molecule has 0 aliphatic carbocycles. The average Bonchev–Trinajstić information content (AvgIpc) is 2.64. The highest BCUT2D eigenvalue weighted by molar-refractivity contribution is 7.20. The number of hydrogen-bond donors (Lipinski definition) is 1.